The number of nitrogen functional groups attached to an aromatic ring is 1. The van der Waals surface area contributed by atoms with E-state index in [1.807, 2.05) is 5.32 Å². The highest BCUT2D eigenvalue weighted by Gasteiger charge is 2.41. The smallest absolute Gasteiger partial charge is 0.294 e. The lowest BCUT2D eigenvalue weighted by Gasteiger charge is -2.24. The number of aliphatic hydroxyl groups is 1. The van der Waals surface area contributed by atoms with Gasteiger partial charge >= 0.3 is 0 Å². The Balaban J connectivity index is 1.58. The Hall–Kier alpha value is -3.70. The maximum Gasteiger partial charge on any atom is 0.294 e. The number of benzene rings is 2. The molecule has 2 aromatic heterocycles. The topological polar surface area (TPSA) is 106 Å². The number of nitrogens with zero attached hydrogens (tertiary/aromatic N) is 3. The molecule has 4 aromatic rings. The Morgan fingerprint density at radius 2 is 1.97 bits per heavy atom. The second-order valence-corrected chi connectivity index (χ2v) is 8.25. The Morgan fingerprint density at radius 3 is 2.69 bits per heavy atom. The Bertz CT molecular complexity index is 1440. The first kappa shape index (κ1) is 24.4. The highest BCUT2D eigenvalue weighted by molar-refractivity contribution is 6.34. The van der Waals surface area contributed by atoms with E-state index in [1.54, 1.807) is 6.92 Å². The first-order valence-corrected chi connectivity index (χ1v) is 10.6. The first-order chi connectivity index (χ1) is 16.5. The van der Waals surface area contributed by atoms with Gasteiger partial charge in [-0.05, 0) is 48.4 Å². The molecule has 182 valence electrons. The number of aryl methyl sites for hydroxylation is 1. The lowest BCUT2D eigenvalue weighted by Crippen LogP contribution is -2.41. The van der Waals surface area contributed by atoms with Crippen molar-refractivity contribution in [3.8, 4) is 11.1 Å². The Kier molecular flexibility index (Phi) is 6.39. The minimum absolute atomic E-state index is 0.00688. The zero-order chi connectivity index (χ0) is 25.5. The number of hydrogen-bond donors (Lipinski definition) is 3. The molecule has 4 rings (SSSR count). The van der Waals surface area contributed by atoms with Crippen molar-refractivity contribution in [3.63, 3.8) is 0 Å². The number of fused-ring (bicyclic) bond motifs is 1. The monoisotopic (exact) mass is 507 g/mol. The summed E-state index contributed by atoms with van der Waals surface area (Å²) < 4.78 is 59.9. The van der Waals surface area contributed by atoms with Crippen LogP contribution in [-0.2, 0) is 0 Å². The van der Waals surface area contributed by atoms with E-state index >= 15 is 4.39 Å². The van der Waals surface area contributed by atoms with Gasteiger partial charge in [0.1, 0.15) is 17.7 Å². The summed E-state index contributed by atoms with van der Waals surface area (Å²) >= 11 is 6.00. The largest absolute Gasteiger partial charge is 0.382 e. The number of nitrogens with two attached hydrogens (primary N) is 1. The quantitative estimate of drug-likeness (QED) is 0.337. The molecule has 0 saturated carbocycles. The van der Waals surface area contributed by atoms with Gasteiger partial charge in [-0.25, -0.2) is 22.1 Å². The molecule has 1 amide bonds. The second-order valence-electron chi connectivity index (χ2n) is 7.84. The van der Waals surface area contributed by atoms with E-state index in [-0.39, 0.29) is 16.5 Å². The standard InChI is InChI=1S/C23H18ClF4N5O2/c1-11-2-3-14(16(25)8-11)20(34)23(27,28)10-30-21(35)18-15(24)5-4-13(19(18)26)12-6-7-33-17(9-12)31-22(29)32-33/h2-9,20,34H,10H2,1H3,(H2,29,32)(H,30,35)/t20-/m1/s1. The minimum Gasteiger partial charge on any atom is -0.382 e. The number of halogens is 5. The van der Waals surface area contributed by atoms with E-state index in [2.05, 4.69) is 10.1 Å². The van der Waals surface area contributed by atoms with Crippen molar-refractivity contribution in [1.82, 2.24) is 19.9 Å². The number of anilines is 1. The highest BCUT2D eigenvalue weighted by Crippen LogP contribution is 2.34. The average Bonchev–Trinajstić information content (AvgIpc) is 3.16. The number of amides is 1. The Morgan fingerprint density at radius 1 is 1.23 bits per heavy atom. The molecule has 0 radical (unpaired) electrons. The molecular weight excluding hydrogens is 490 g/mol. The fraction of sp³-hybridized carbons (Fsp3) is 0.174. The van der Waals surface area contributed by atoms with Crippen LogP contribution in [-0.4, -0.2) is 38.1 Å². The van der Waals surface area contributed by atoms with Crippen LogP contribution in [0.4, 0.5) is 23.5 Å². The molecule has 35 heavy (non-hydrogen) atoms. The fourth-order valence-corrected chi connectivity index (χ4v) is 3.75. The van der Waals surface area contributed by atoms with Crippen LogP contribution in [0, 0.1) is 18.6 Å². The molecule has 0 bridgehead atoms. The van der Waals surface area contributed by atoms with Crippen LogP contribution < -0.4 is 11.1 Å². The number of carbonyl (C=O) groups is 1. The third-order valence-electron chi connectivity index (χ3n) is 5.32. The molecule has 1 atom stereocenters. The van der Waals surface area contributed by atoms with Gasteiger partial charge in [0, 0.05) is 17.3 Å². The molecule has 0 aliphatic carbocycles. The number of rotatable bonds is 6. The molecule has 0 unspecified atom stereocenters. The summed E-state index contributed by atoms with van der Waals surface area (Å²) in [6, 6.07) is 8.92. The average molecular weight is 508 g/mol. The Labute approximate surface area is 201 Å². The molecule has 12 heteroatoms. The molecule has 0 aliphatic rings. The van der Waals surface area contributed by atoms with Crippen molar-refractivity contribution in [2.75, 3.05) is 12.3 Å². The fourth-order valence-electron chi connectivity index (χ4n) is 3.51. The summed E-state index contributed by atoms with van der Waals surface area (Å²) in [4.78, 5) is 16.6. The lowest BCUT2D eigenvalue weighted by molar-refractivity contribution is -0.107. The van der Waals surface area contributed by atoms with Crippen LogP contribution in [0.3, 0.4) is 0 Å². The zero-order valence-corrected chi connectivity index (χ0v) is 18.8. The molecule has 2 heterocycles. The third kappa shape index (κ3) is 4.77. The van der Waals surface area contributed by atoms with Gasteiger partial charge in [0.05, 0.1) is 17.1 Å². The summed E-state index contributed by atoms with van der Waals surface area (Å²) in [5, 5.41) is 15.5. The predicted octanol–water partition coefficient (Wildman–Crippen LogP) is 4.32. The summed E-state index contributed by atoms with van der Waals surface area (Å²) in [5.41, 5.74) is 5.30. The molecular formula is C23H18ClF4N5O2. The molecule has 2 aromatic carbocycles. The van der Waals surface area contributed by atoms with Gasteiger partial charge in [-0.1, -0.05) is 23.7 Å². The zero-order valence-electron chi connectivity index (χ0n) is 18.1. The van der Waals surface area contributed by atoms with Crippen molar-refractivity contribution in [2.24, 2.45) is 0 Å². The predicted molar refractivity (Wildman–Crippen MR) is 121 cm³/mol. The summed E-state index contributed by atoms with van der Waals surface area (Å²) in [7, 11) is 0. The van der Waals surface area contributed by atoms with Crippen molar-refractivity contribution < 1.29 is 27.5 Å². The van der Waals surface area contributed by atoms with Crippen LogP contribution in [0.25, 0.3) is 16.8 Å². The van der Waals surface area contributed by atoms with Crippen LogP contribution in [0.1, 0.15) is 27.6 Å². The van der Waals surface area contributed by atoms with E-state index in [1.165, 1.54) is 41.0 Å². The normalized spacial score (nSPS) is 12.7. The second kappa shape index (κ2) is 9.16. The maximum atomic E-state index is 15.3. The van der Waals surface area contributed by atoms with Gasteiger partial charge in [0.15, 0.2) is 5.65 Å². The molecule has 0 saturated heterocycles. The minimum atomic E-state index is -3.97. The van der Waals surface area contributed by atoms with Gasteiger partial charge in [0.25, 0.3) is 11.8 Å². The number of nitrogens with one attached hydrogen (secondary N) is 1. The van der Waals surface area contributed by atoms with Crippen molar-refractivity contribution in [3.05, 3.63) is 82.0 Å². The van der Waals surface area contributed by atoms with Crippen LogP contribution >= 0.6 is 11.6 Å². The maximum absolute atomic E-state index is 15.3. The molecule has 0 spiro atoms. The van der Waals surface area contributed by atoms with E-state index < -0.39 is 47.2 Å². The lowest BCUT2D eigenvalue weighted by atomic mass is 10.0. The van der Waals surface area contributed by atoms with Crippen molar-refractivity contribution in [1.29, 1.82) is 0 Å². The van der Waals surface area contributed by atoms with Gasteiger partial charge in [-0.2, -0.15) is 4.98 Å². The molecule has 7 nitrogen and oxygen atoms in total. The molecule has 4 N–H and O–H groups in total. The van der Waals surface area contributed by atoms with Crippen LogP contribution in [0.2, 0.25) is 5.02 Å². The number of aromatic nitrogens is 3. The van der Waals surface area contributed by atoms with E-state index in [0.29, 0.717) is 16.8 Å². The van der Waals surface area contributed by atoms with Gasteiger partial charge in [-0.3, -0.25) is 4.79 Å². The summed E-state index contributed by atoms with van der Waals surface area (Å²) in [5.74, 6) is -7.27. The van der Waals surface area contributed by atoms with Gasteiger partial charge in [0.2, 0.25) is 5.95 Å². The number of hydrogen-bond acceptors (Lipinski definition) is 5. The number of carbonyl (C=O) groups excluding carboxylic acids is 1. The van der Waals surface area contributed by atoms with E-state index in [9.17, 15) is 23.1 Å². The SMILES string of the molecule is Cc1ccc([C@@H](O)C(F)(F)CNC(=O)c2c(Cl)ccc(-c3ccn4nc(N)nc4c3)c2F)c(F)c1. The number of alkyl halides is 2. The van der Waals surface area contributed by atoms with Crippen LogP contribution in [0.5, 0.6) is 0 Å². The van der Waals surface area contributed by atoms with Gasteiger partial charge in [-0.15, -0.1) is 5.10 Å². The summed E-state index contributed by atoms with van der Waals surface area (Å²) in [6.45, 7) is 0.162. The van der Waals surface area contributed by atoms with E-state index in [4.69, 9.17) is 17.3 Å². The van der Waals surface area contributed by atoms with Gasteiger partial charge < -0.3 is 16.2 Å². The summed E-state index contributed by atoms with van der Waals surface area (Å²) in [6.07, 6.45) is -1.06. The molecule has 0 aliphatic heterocycles. The third-order valence-corrected chi connectivity index (χ3v) is 5.63. The number of pyridine rings is 1. The van der Waals surface area contributed by atoms with E-state index in [0.717, 1.165) is 12.1 Å². The first-order valence-electron chi connectivity index (χ1n) is 10.2. The van der Waals surface area contributed by atoms with Crippen molar-refractivity contribution in [2.45, 2.75) is 19.0 Å². The van der Waals surface area contributed by atoms with Crippen molar-refractivity contribution >= 4 is 29.1 Å². The number of aliphatic hydroxyl groups excluding tert-OH is 1. The van der Waals surface area contributed by atoms with Crippen LogP contribution in [0.15, 0.2) is 48.7 Å². The highest BCUT2D eigenvalue weighted by atomic mass is 35.5. The molecule has 0 fully saturated rings.